The molecule has 0 amide bonds. The van der Waals surface area contributed by atoms with Crippen molar-refractivity contribution in [2.45, 2.75) is 50.6 Å². The summed E-state index contributed by atoms with van der Waals surface area (Å²) in [6.45, 7) is 8.83. The molecule has 2 aliphatic heterocycles. The van der Waals surface area contributed by atoms with Crippen LogP contribution in [-0.2, 0) is 0 Å². The van der Waals surface area contributed by atoms with E-state index in [2.05, 4.69) is 29.1 Å². The van der Waals surface area contributed by atoms with E-state index in [0.29, 0.717) is 5.54 Å². The van der Waals surface area contributed by atoms with Crippen LogP contribution >= 0.6 is 0 Å². The van der Waals surface area contributed by atoms with Crippen molar-refractivity contribution in [1.29, 1.82) is 0 Å². The second kappa shape index (κ2) is 5.10. The Hall–Kier alpha value is -0.120. The second-order valence-electron chi connectivity index (χ2n) is 7.06. The van der Waals surface area contributed by atoms with Crippen molar-refractivity contribution in [2.24, 2.45) is 5.92 Å². The molecule has 2 unspecified atom stereocenters. The molecule has 1 aliphatic carbocycles. The largest absolute Gasteiger partial charge is 0.308 e. The average Bonchev–Trinajstić information content (AvgIpc) is 2.95. The van der Waals surface area contributed by atoms with Crippen LogP contribution in [0.5, 0.6) is 0 Å². The first-order valence-corrected chi connectivity index (χ1v) is 7.84. The number of rotatable bonds is 2. The molecule has 2 saturated heterocycles. The van der Waals surface area contributed by atoms with Gasteiger partial charge in [-0.1, -0.05) is 12.8 Å². The minimum absolute atomic E-state index is 0.483. The molecule has 1 N–H and O–H groups in total. The highest BCUT2D eigenvalue weighted by Gasteiger charge is 2.40. The zero-order chi connectivity index (χ0) is 12.6. The molecule has 1 spiro atoms. The van der Waals surface area contributed by atoms with Gasteiger partial charge in [0.05, 0.1) is 0 Å². The molecule has 18 heavy (non-hydrogen) atoms. The lowest BCUT2D eigenvalue weighted by atomic mass is 9.91. The molecule has 2 atom stereocenters. The third-order valence-electron chi connectivity index (χ3n) is 5.44. The predicted molar refractivity (Wildman–Crippen MR) is 75.8 cm³/mol. The van der Waals surface area contributed by atoms with Gasteiger partial charge in [-0.3, -0.25) is 4.90 Å². The predicted octanol–water partition coefficient (Wildman–Crippen LogP) is 1.54. The fourth-order valence-electron chi connectivity index (χ4n) is 4.23. The van der Waals surface area contributed by atoms with Crippen molar-refractivity contribution in [3.63, 3.8) is 0 Å². The first-order valence-electron chi connectivity index (χ1n) is 7.84. The summed E-state index contributed by atoms with van der Waals surface area (Å²) in [5.74, 6) is 0.911. The Morgan fingerprint density at radius 3 is 2.72 bits per heavy atom. The summed E-state index contributed by atoms with van der Waals surface area (Å²) in [7, 11) is 2.26. The Morgan fingerprint density at radius 1 is 1.28 bits per heavy atom. The molecule has 0 aromatic heterocycles. The van der Waals surface area contributed by atoms with Crippen molar-refractivity contribution in [3.05, 3.63) is 0 Å². The number of likely N-dealkylation sites (tertiary alicyclic amines) is 1. The molecule has 3 rings (SSSR count). The SMILES string of the molecule is CC1CNC2(CCCC2)CN1CC1CCN(C)C1. The van der Waals surface area contributed by atoms with Gasteiger partial charge >= 0.3 is 0 Å². The maximum atomic E-state index is 3.86. The fraction of sp³-hybridized carbons (Fsp3) is 1.00. The molecule has 0 aromatic rings. The fourth-order valence-corrected chi connectivity index (χ4v) is 4.23. The Morgan fingerprint density at radius 2 is 2.06 bits per heavy atom. The normalized spacial score (nSPS) is 37.7. The van der Waals surface area contributed by atoms with Gasteiger partial charge in [0.1, 0.15) is 0 Å². The van der Waals surface area contributed by atoms with Crippen LogP contribution in [0.15, 0.2) is 0 Å². The quantitative estimate of drug-likeness (QED) is 0.803. The van der Waals surface area contributed by atoms with Gasteiger partial charge in [0.25, 0.3) is 0 Å². The number of nitrogens with zero attached hydrogens (tertiary/aromatic N) is 2. The minimum atomic E-state index is 0.483. The molecular formula is C15H29N3. The van der Waals surface area contributed by atoms with Crippen LogP contribution < -0.4 is 5.32 Å². The Balaban J connectivity index is 1.59. The second-order valence-corrected chi connectivity index (χ2v) is 7.06. The lowest BCUT2D eigenvalue weighted by Crippen LogP contribution is -2.63. The van der Waals surface area contributed by atoms with E-state index in [-0.39, 0.29) is 0 Å². The van der Waals surface area contributed by atoms with E-state index < -0.39 is 0 Å². The minimum Gasteiger partial charge on any atom is -0.308 e. The standard InChI is InChI=1S/C15H29N3/c1-13-9-16-15(6-3-4-7-15)12-18(13)11-14-5-8-17(2)10-14/h13-14,16H,3-12H2,1-2H3. The van der Waals surface area contributed by atoms with Gasteiger partial charge in [-0.25, -0.2) is 0 Å². The molecule has 3 aliphatic rings. The molecule has 3 nitrogen and oxygen atoms in total. The number of nitrogens with one attached hydrogen (secondary N) is 1. The molecule has 2 heterocycles. The van der Waals surface area contributed by atoms with Crippen LogP contribution in [0.1, 0.15) is 39.0 Å². The van der Waals surface area contributed by atoms with Crippen LogP contribution in [0.3, 0.4) is 0 Å². The van der Waals surface area contributed by atoms with Crippen LogP contribution in [0.2, 0.25) is 0 Å². The molecule has 0 bridgehead atoms. The van der Waals surface area contributed by atoms with E-state index in [9.17, 15) is 0 Å². The molecule has 1 saturated carbocycles. The number of hydrogen-bond acceptors (Lipinski definition) is 3. The average molecular weight is 251 g/mol. The number of hydrogen-bond donors (Lipinski definition) is 1. The van der Waals surface area contributed by atoms with Crippen molar-refractivity contribution in [3.8, 4) is 0 Å². The summed E-state index contributed by atoms with van der Waals surface area (Å²) in [6, 6.07) is 0.724. The van der Waals surface area contributed by atoms with Crippen LogP contribution in [0.4, 0.5) is 0 Å². The first kappa shape index (κ1) is 12.9. The Kier molecular flexibility index (Phi) is 3.65. The Labute approximate surface area is 112 Å². The highest BCUT2D eigenvalue weighted by molar-refractivity contribution is 5.00. The maximum Gasteiger partial charge on any atom is 0.0309 e. The molecular weight excluding hydrogens is 222 g/mol. The monoisotopic (exact) mass is 251 g/mol. The zero-order valence-corrected chi connectivity index (χ0v) is 12.1. The lowest BCUT2D eigenvalue weighted by Gasteiger charge is -2.46. The smallest absolute Gasteiger partial charge is 0.0309 e. The van der Waals surface area contributed by atoms with Crippen LogP contribution in [0.25, 0.3) is 0 Å². The van der Waals surface area contributed by atoms with Gasteiger partial charge in [-0.15, -0.1) is 0 Å². The van der Waals surface area contributed by atoms with Gasteiger partial charge < -0.3 is 10.2 Å². The van der Waals surface area contributed by atoms with E-state index in [1.54, 1.807) is 0 Å². The molecule has 3 fully saturated rings. The molecule has 104 valence electrons. The van der Waals surface area contributed by atoms with Gasteiger partial charge in [-0.05, 0) is 45.7 Å². The van der Waals surface area contributed by atoms with E-state index in [1.165, 1.54) is 64.8 Å². The Bertz CT molecular complexity index is 285. The van der Waals surface area contributed by atoms with Crippen LogP contribution in [0, 0.1) is 5.92 Å². The van der Waals surface area contributed by atoms with Gasteiger partial charge in [0.2, 0.25) is 0 Å². The third-order valence-corrected chi connectivity index (χ3v) is 5.44. The van der Waals surface area contributed by atoms with E-state index in [4.69, 9.17) is 0 Å². The van der Waals surface area contributed by atoms with Crippen molar-refractivity contribution in [1.82, 2.24) is 15.1 Å². The summed E-state index contributed by atoms with van der Waals surface area (Å²) >= 11 is 0. The molecule has 0 radical (unpaired) electrons. The van der Waals surface area contributed by atoms with E-state index in [1.807, 2.05) is 0 Å². The molecule has 3 heteroatoms. The summed E-state index contributed by atoms with van der Waals surface area (Å²) in [5.41, 5.74) is 0.483. The summed E-state index contributed by atoms with van der Waals surface area (Å²) in [5, 5.41) is 3.86. The summed E-state index contributed by atoms with van der Waals surface area (Å²) in [4.78, 5) is 5.27. The number of piperazine rings is 1. The highest BCUT2D eigenvalue weighted by Crippen LogP contribution is 2.33. The van der Waals surface area contributed by atoms with Crippen molar-refractivity contribution < 1.29 is 0 Å². The van der Waals surface area contributed by atoms with Gasteiger partial charge in [0.15, 0.2) is 0 Å². The van der Waals surface area contributed by atoms with Crippen molar-refractivity contribution >= 4 is 0 Å². The summed E-state index contributed by atoms with van der Waals surface area (Å²) < 4.78 is 0. The van der Waals surface area contributed by atoms with E-state index >= 15 is 0 Å². The van der Waals surface area contributed by atoms with Crippen LogP contribution in [-0.4, -0.2) is 61.2 Å². The van der Waals surface area contributed by atoms with Crippen molar-refractivity contribution in [2.75, 3.05) is 39.8 Å². The maximum absolute atomic E-state index is 3.86. The summed E-state index contributed by atoms with van der Waals surface area (Å²) in [6.07, 6.45) is 7.07. The van der Waals surface area contributed by atoms with E-state index in [0.717, 1.165) is 12.0 Å². The lowest BCUT2D eigenvalue weighted by molar-refractivity contribution is 0.0754. The topological polar surface area (TPSA) is 18.5 Å². The van der Waals surface area contributed by atoms with Gasteiger partial charge in [0, 0.05) is 37.8 Å². The van der Waals surface area contributed by atoms with Gasteiger partial charge in [-0.2, -0.15) is 0 Å². The third kappa shape index (κ3) is 2.59. The highest BCUT2D eigenvalue weighted by atomic mass is 15.3. The molecule has 0 aromatic carbocycles. The zero-order valence-electron chi connectivity index (χ0n) is 12.1. The first-order chi connectivity index (χ1) is 8.67.